The molecule has 2 unspecified atom stereocenters. The Labute approximate surface area is 100 Å². The van der Waals surface area contributed by atoms with Crippen molar-refractivity contribution in [2.24, 2.45) is 5.73 Å². The standard InChI is InChI=1S/C11H19N3OS/c1-8-7-16-11(13-8)14-4-3-10(15-2)5-9(14)6-12/h7,9-10H,3-6,12H2,1-2H3. The first-order valence-corrected chi connectivity index (χ1v) is 6.54. The number of anilines is 1. The molecule has 0 amide bonds. The van der Waals surface area contributed by atoms with Gasteiger partial charge in [-0.3, -0.25) is 0 Å². The number of thiazole rings is 1. The topological polar surface area (TPSA) is 51.4 Å². The van der Waals surface area contributed by atoms with E-state index >= 15 is 0 Å². The second-order valence-corrected chi connectivity index (χ2v) is 5.07. The third-order valence-electron chi connectivity index (χ3n) is 3.13. The summed E-state index contributed by atoms with van der Waals surface area (Å²) in [5.41, 5.74) is 6.92. The highest BCUT2D eigenvalue weighted by molar-refractivity contribution is 7.13. The van der Waals surface area contributed by atoms with Crippen molar-refractivity contribution in [3.8, 4) is 0 Å². The Bertz CT molecular complexity index is 342. The Balaban J connectivity index is 2.09. The van der Waals surface area contributed by atoms with Crippen LogP contribution in [0, 0.1) is 6.92 Å². The monoisotopic (exact) mass is 241 g/mol. The highest BCUT2D eigenvalue weighted by Gasteiger charge is 2.28. The fraction of sp³-hybridized carbons (Fsp3) is 0.727. The normalized spacial score (nSPS) is 26.1. The van der Waals surface area contributed by atoms with Gasteiger partial charge in [-0.05, 0) is 19.8 Å². The van der Waals surface area contributed by atoms with Gasteiger partial charge in [0.05, 0.1) is 11.8 Å². The maximum atomic E-state index is 5.83. The van der Waals surface area contributed by atoms with E-state index in [1.165, 1.54) is 0 Å². The fourth-order valence-electron chi connectivity index (χ4n) is 2.18. The zero-order valence-corrected chi connectivity index (χ0v) is 10.7. The molecule has 1 aliphatic heterocycles. The van der Waals surface area contributed by atoms with E-state index in [1.54, 1.807) is 18.4 Å². The van der Waals surface area contributed by atoms with Crippen molar-refractivity contribution in [1.29, 1.82) is 0 Å². The van der Waals surface area contributed by atoms with Crippen LogP contribution in [-0.4, -0.2) is 37.3 Å². The Morgan fingerprint density at radius 2 is 2.50 bits per heavy atom. The molecule has 5 heteroatoms. The number of nitrogens with zero attached hydrogens (tertiary/aromatic N) is 2. The second kappa shape index (κ2) is 5.12. The van der Waals surface area contributed by atoms with E-state index in [0.29, 0.717) is 18.7 Å². The lowest BCUT2D eigenvalue weighted by Crippen LogP contribution is -2.48. The summed E-state index contributed by atoms with van der Waals surface area (Å²) in [4.78, 5) is 6.86. The summed E-state index contributed by atoms with van der Waals surface area (Å²) in [6.45, 7) is 3.69. The lowest BCUT2D eigenvalue weighted by atomic mass is 10.00. The maximum Gasteiger partial charge on any atom is 0.185 e. The molecule has 0 spiro atoms. The fourth-order valence-corrected chi connectivity index (χ4v) is 3.08. The Hall–Kier alpha value is -0.650. The van der Waals surface area contributed by atoms with Crippen LogP contribution in [0.3, 0.4) is 0 Å². The molecule has 1 aromatic heterocycles. The van der Waals surface area contributed by atoms with Gasteiger partial charge >= 0.3 is 0 Å². The first-order valence-electron chi connectivity index (χ1n) is 5.66. The molecule has 0 saturated carbocycles. The molecule has 2 rings (SSSR count). The van der Waals surface area contributed by atoms with E-state index in [2.05, 4.69) is 15.3 Å². The van der Waals surface area contributed by atoms with Crippen LogP contribution in [0.15, 0.2) is 5.38 Å². The second-order valence-electron chi connectivity index (χ2n) is 4.24. The summed E-state index contributed by atoms with van der Waals surface area (Å²) in [6, 6.07) is 0.365. The van der Waals surface area contributed by atoms with Crippen molar-refractivity contribution in [3.63, 3.8) is 0 Å². The first kappa shape index (κ1) is 11.8. The van der Waals surface area contributed by atoms with Crippen molar-refractivity contribution in [2.75, 3.05) is 25.1 Å². The molecule has 1 fully saturated rings. The minimum atomic E-state index is 0.353. The molecular formula is C11H19N3OS. The van der Waals surface area contributed by atoms with Crippen LogP contribution in [0.5, 0.6) is 0 Å². The third-order valence-corrected chi connectivity index (χ3v) is 4.12. The number of methoxy groups -OCH3 is 1. The number of hydrogen-bond donors (Lipinski definition) is 1. The summed E-state index contributed by atoms with van der Waals surface area (Å²) in [5.74, 6) is 0. The average Bonchev–Trinajstić information content (AvgIpc) is 2.74. The lowest BCUT2D eigenvalue weighted by Gasteiger charge is -2.38. The number of aryl methyl sites for hydroxylation is 1. The summed E-state index contributed by atoms with van der Waals surface area (Å²) in [6.07, 6.45) is 2.42. The summed E-state index contributed by atoms with van der Waals surface area (Å²) >= 11 is 1.70. The van der Waals surface area contributed by atoms with E-state index < -0.39 is 0 Å². The summed E-state index contributed by atoms with van der Waals surface area (Å²) in [7, 11) is 1.78. The molecule has 0 aliphatic carbocycles. The number of aromatic nitrogens is 1. The van der Waals surface area contributed by atoms with Crippen molar-refractivity contribution in [1.82, 2.24) is 4.98 Å². The van der Waals surface area contributed by atoms with Gasteiger partial charge in [-0.2, -0.15) is 0 Å². The van der Waals surface area contributed by atoms with Crippen LogP contribution >= 0.6 is 11.3 Å². The van der Waals surface area contributed by atoms with Gasteiger partial charge in [0, 0.05) is 31.6 Å². The van der Waals surface area contributed by atoms with Crippen LogP contribution in [0.1, 0.15) is 18.5 Å². The quantitative estimate of drug-likeness (QED) is 0.869. The molecule has 90 valence electrons. The molecule has 1 saturated heterocycles. The molecule has 16 heavy (non-hydrogen) atoms. The van der Waals surface area contributed by atoms with Crippen molar-refractivity contribution in [2.45, 2.75) is 31.9 Å². The molecule has 0 bridgehead atoms. The highest BCUT2D eigenvalue weighted by Crippen LogP contribution is 2.28. The minimum Gasteiger partial charge on any atom is -0.381 e. The highest BCUT2D eigenvalue weighted by atomic mass is 32.1. The van der Waals surface area contributed by atoms with Gasteiger partial charge in [0.15, 0.2) is 5.13 Å². The molecule has 4 nitrogen and oxygen atoms in total. The zero-order chi connectivity index (χ0) is 11.5. The maximum absolute atomic E-state index is 5.83. The molecule has 2 N–H and O–H groups in total. The lowest BCUT2D eigenvalue weighted by molar-refractivity contribution is 0.0709. The summed E-state index contributed by atoms with van der Waals surface area (Å²) in [5, 5.41) is 3.19. The van der Waals surface area contributed by atoms with Gasteiger partial charge in [-0.25, -0.2) is 4.98 Å². The number of nitrogens with two attached hydrogens (primary N) is 1. The van der Waals surface area contributed by atoms with Crippen molar-refractivity contribution >= 4 is 16.5 Å². The average molecular weight is 241 g/mol. The number of ether oxygens (including phenoxy) is 1. The van der Waals surface area contributed by atoms with E-state index in [0.717, 1.165) is 30.2 Å². The van der Waals surface area contributed by atoms with E-state index in [4.69, 9.17) is 10.5 Å². The predicted octanol–water partition coefficient (Wildman–Crippen LogP) is 1.39. The van der Waals surface area contributed by atoms with Crippen LogP contribution in [0.4, 0.5) is 5.13 Å². The molecule has 1 aromatic rings. The van der Waals surface area contributed by atoms with Crippen LogP contribution in [-0.2, 0) is 4.74 Å². The Morgan fingerprint density at radius 3 is 3.06 bits per heavy atom. The number of rotatable bonds is 3. The third kappa shape index (κ3) is 2.36. The zero-order valence-electron chi connectivity index (χ0n) is 9.85. The summed E-state index contributed by atoms with van der Waals surface area (Å²) < 4.78 is 5.41. The SMILES string of the molecule is COC1CCN(c2nc(C)cs2)C(CN)C1. The van der Waals surface area contributed by atoms with E-state index in [-0.39, 0.29) is 0 Å². The van der Waals surface area contributed by atoms with Gasteiger partial charge < -0.3 is 15.4 Å². The smallest absolute Gasteiger partial charge is 0.185 e. The van der Waals surface area contributed by atoms with E-state index in [9.17, 15) is 0 Å². The molecule has 2 atom stereocenters. The van der Waals surface area contributed by atoms with Crippen LogP contribution < -0.4 is 10.6 Å². The Morgan fingerprint density at radius 1 is 1.69 bits per heavy atom. The molecule has 0 radical (unpaired) electrons. The van der Waals surface area contributed by atoms with Crippen molar-refractivity contribution < 1.29 is 4.74 Å². The van der Waals surface area contributed by atoms with Gasteiger partial charge in [-0.15, -0.1) is 11.3 Å². The van der Waals surface area contributed by atoms with Gasteiger partial charge in [0.25, 0.3) is 0 Å². The first-order chi connectivity index (χ1) is 7.74. The van der Waals surface area contributed by atoms with Gasteiger partial charge in [-0.1, -0.05) is 0 Å². The van der Waals surface area contributed by atoms with Crippen LogP contribution in [0.25, 0.3) is 0 Å². The number of hydrogen-bond acceptors (Lipinski definition) is 5. The molecule has 0 aromatic carbocycles. The Kier molecular flexibility index (Phi) is 3.78. The largest absolute Gasteiger partial charge is 0.381 e. The van der Waals surface area contributed by atoms with Gasteiger partial charge in [0.2, 0.25) is 0 Å². The van der Waals surface area contributed by atoms with Crippen molar-refractivity contribution in [3.05, 3.63) is 11.1 Å². The van der Waals surface area contributed by atoms with E-state index in [1.807, 2.05) is 6.92 Å². The van der Waals surface area contributed by atoms with Crippen LogP contribution in [0.2, 0.25) is 0 Å². The molecular weight excluding hydrogens is 222 g/mol. The number of piperidine rings is 1. The molecule has 2 heterocycles. The minimum absolute atomic E-state index is 0.353. The predicted molar refractivity (Wildman–Crippen MR) is 67.1 cm³/mol. The molecule has 1 aliphatic rings. The van der Waals surface area contributed by atoms with Gasteiger partial charge in [0.1, 0.15) is 0 Å².